The van der Waals surface area contributed by atoms with E-state index in [-0.39, 0.29) is 5.84 Å². The third kappa shape index (κ3) is 3.55. The molecule has 110 valence electrons. The van der Waals surface area contributed by atoms with Crippen LogP contribution in [0.3, 0.4) is 0 Å². The molecule has 0 radical (unpaired) electrons. The highest BCUT2D eigenvalue weighted by Gasteiger charge is 2.05. The van der Waals surface area contributed by atoms with Crippen LogP contribution in [0.5, 0.6) is 0 Å². The zero-order valence-corrected chi connectivity index (χ0v) is 13.6. The first kappa shape index (κ1) is 15.4. The van der Waals surface area contributed by atoms with Crippen LogP contribution in [0.25, 0.3) is 0 Å². The van der Waals surface area contributed by atoms with Gasteiger partial charge in [-0.1, -0.05) is 39.3 Å². The van der Waals surface area contributed by atoms with Crippen molar-refractivity contribution in [2.75, 3.05) is 5.32 Å². The van der Waals surface area contributed by atoms with E-state index in [2.05, 4.69) is 39.4 Å². The molecule has 0 atom stereocenters. The second-order valence-corrected chi connectivity index (χ2v) is 5.75. The Hall–Kier alpha value is -2.01. The fourth-order valence-corrected chi connectivity index (χ4v) is 2.47. The van der Waals surface area contributed by atoms with Crippen molar-refractivity contribution in [2.45, 2.75) is 20.4 Å². The quantitative estimate of drug-likeness (QED) is 0.341. The third-order valence-corrected chi connectivity index (χ3v) is 4.34. The molecule has 21 heavy (non-hydrogen) atoms. The van der Waals surface area contributed by atoms with Crippen LogP contribution in [0.4, 0.5) is 5.69 Å². The first-order valence-electron chi connectivity index (χ1n) is 6.59. The molecule has 4 N–H and O–H groups in total. The molecule has 0 spiro atoms. The minimum absolute atomic E-state index is 0.125. The lowest BCUT2D eigenvalue weighted by Gasteiger charge is -2.13. The number of hydrogen-bond donors (Lipinski definition) is 3. The van der Waals surface area contributed by atoms with E-state index < -0.39 is 0 Å². The first-order chi connectivity index (χ1) is 10.0. The van der Waals surface area contributed by atoms with Crippen molar-refractivity contribution in [1.82, 2.24) is 0 Å². The molecule has 4 nitrogen and oxygen atoms in total. The molecule has 5 heteroatoms. The summed E-state index contributed by atoms with van der Waals surface area (Å²) in [7, 11) is 0. The van der Waals surface area contributed by atoms with Crippen LogP contribution < -0.4 is 11.1 Å². The van der Waals surface area contributed by atoms with Crippen LogP contribution in [0, 0.1) is 13.8 Å². The van der Waals surface area contributed by atoms with Crippen molar-refractivity contribution >= 4 is 27.5 Å². The lowest BCUT2D eigenvalue weighted by atomic mass is 10.0. The van der Waals surface area contributed by atoms with Gasteiger partial charge in [0.1, 0.15) is 0 Å². The molecule has 0 saturated carbocycles. The van der Waals surface area contributed by atoms with Gasteiger partial charge in [-0.15, -0.1) is 0 Å². The number of nitrogens with zero attached hydrogens (tertiary/aromatic N) is 1. The molecule has 2 rings (SSSR count). The molecule has 0 aliphatic heterocycles. The van der Waals surface area contributed by atoms with E-state index in [9.17, 15) is 0 Å². The fraction of sp³-hybridized carbons (Fsp3) is 0.188. The summed E-state index contributed by atoms with van der Waals surface area (Å²) < 4.78 is 1.09. The Morgan fingerprint density at radius 2 is 2.05 bits per heavy atom. The average molecular weight is 348 g/mol. The van der Waals surface area contributed by atoms with Gasteiger partial charge in [0.05, 0.1) is 0 Å². The van der Waals surface area contributed by atoms with Gasteiger partial charge in [0.15, 0.2) is 5.84 Å². The molecule has 0 bridgehead atoms. The van der Waals surface area contributed by atoms with Gasteiger partial charge in [-0.3, -0.25) is 0 Å². The second-order valence-electron chi connectivity index (χ2n) is 4.89. The van der Waals surface area contributed by atoms with Crippen LogP contribution in [0.1, 0.15) is 22.3 Å². The van der Waals surface area contributed by atoms with E-state index in [1.807, 2.05) is 37.3 Å². The lowest BCUT2D eigenvalue weighted by Crippen LogP contribution is -2.13. The standard InChI is InChI=1S/C16H18BrN3O/c1-10-8-12(16(18)20-21)6-7-13(10)9-19-15-5-3-4-14(17)11(15)2/h3-8,19,21H,9H2,1-2H3,(H2,18,20). The molecule has 0 fully saturated rings. The maximum Gasteiger partial charge on any atom is 0.170 e. The number of anilines is 1. The molecule has 0 unspecified atom stereocenters. The Kier molecular flexibility index (Phi) is 4.85. The Bertz CT molecular complexity index is 683. The molecule has 0 saturated heterocycles. The Morgan fingerprint density at radius 3 is 2.71 bits per heavy atom. The highest BCUT2D eigenvalue weighted by Crippen LogP contribution is 2.24. The third-order valence-electron chi connectivity index (χ3n) is 3.48. The van der Waals surface area contributed by atoms with Gasteiger partial charge in [0.25, 0.3) is 0 Å². The number of amidine groups is 1. The monoisotopic (exact) mass is 347 g/mol. The minimum atomic E-state index is 0.125. The van der Waals surface area contributed by atoms with Crippen LogP contribution in [-0.4, -0.2) is 11.0 Å². The van der Waals surface area contributed by atoms with Gasteiger partial charge in [-0.2, -0.15) is 0 Å². The van der Waals surface area contributed by atoms with Crippen LogP contribution in [0.2, 0.25) is 0 Å². The number of oxime groups is 1. The summed E-state index contributed by atoms with van der Waals surface area (Å²) in [6.45, 7) is 4.80. The molecular formula is C16H18BrN3O. The van der Waals surface area contributed by atoms with Crippen molar-refractivity contribution < 1.29 is 5.21 Å². The lowest BCUT2D eigenvalue weighted by molar-refractivity contribution is 0.318. The van der Waals surface area contributed by atoms with Crippen molar-refractivity contribution in [3.63, 3.8) is 0 Å². The van der Waals surface area contributed by atoms with Gasteiger partial charge in [-0.25, -0.2) is 0 Å². The summed E-state index contributed by atoms with van der Waals surface area (Å²) in [5.41, 5.74) is 10.9. The van der Waals surface area contributed by atoms with E-state index in [0.29, 0.717) is 0 Å². The van der Waals surface area contributed by atoms with Crippen molar-refractivity contribution in [2.24, 2.45) is 10.9 Å². The molecular weight excluding hydrogens is 330 g/mol. The Morgan fingerprint density at radius 1 is 1.29 bits per heavy atom. The molecule has 2 aromatic carbocycles. The number of benzene rings is 2. The van der Waals surface area contributed by atoms with Gasteiger partial charge in [0.2, 0.25) is 0 Å². The average Bonchev–Trinajstić information content (AvgIpc) is 2.49. The van der Waals surface area contributed by atoms with Crippen LogP contribution in [-0.2, 0) is 6.54 Å². The molecule has 0 aliphatic rings. The predicted molar refractivity (Wildman–Crippen MR) is 89.9 cm³/mol. The van der Waals surface area contributed by atoms with E-state index in [1.165, 1.54) is 11.1 Å². The van der Waals surface area contributed by atoms with E-state index in [1.54, 1.807) is 0 Å². The maximum absolute atomic E-state index is 8.70. The SMILES string of the molecule is Cc1cc(/C(N)=N/O)ccc1CNc1cccc(Br)c1C. The number of nitrogens with one attached hydrogen (secondary N) is 1. The summed E-state index contributed by atoms with van der Waals surface area (Å²) >= 11 is 3.53. The van der Waals surface area contributed by atoms with Gasteiger partial charge in [0, 0.05) is 22.3 Å². The normalized spacial score (nSPS) is 11.5. The minimum Gasteiger partial charge on any atom is -0.409 e. The smallest absolute Gasteiger partial charge is 0.170 e. The summed E-state index contributed by atoms with van der Waals surface area (Å²) in [6, 6.07) is 11.8. The maximum atomic E-state index is 8.70. The van der Waals surface area contributed by atoms with Gasteiger partial charge >= 0.3 is 0 Å². The molecule has 0 heterocycles. The summed E-state index contributed by atoms with van der Waals surface area (Å²) in [5, 5.41) is 15.2. The number of nitrogens with two attached hydrogens (primary N) is 1. The highest BCUT2D eigenvalue weighted by atomic mass is 79.9. The first-order valence-corrected chi connectivity index (χ1v) is 7.38. The van der Waals surface area contributed by atoms with E-state index in [4.69, 9.17) is 10.9 Å². The topological polar surface area (TPSA) is 70.6 Å². The van der Waals surface area contributed by atoms with Crippen molar-refractivity contribution in [3.8, 4) is 0 Å². The number of rotatable bonds is 4. The van der Waals surface area contributed by atoms with Crippen LogP contribution >= 0.6 is 15.9 Å². The largest absolute Gasteiger partial charge is 0.409 e. The summed E-state index contributed by atoms with van der Waals surface area (Å²) in [6.07, 6.45) is 0. The van der Waals surface area contributed by atoms with E-state index >= 15 is 0 Å². The van der Waals surface area contributed by atoms with E-state index in [0.717, 1.165) is 27.8 Å². The van der Waals surface area contributed by atoms with Gasteiger partial charge < -0.3 is 16.3 Å². The van der Waals surface area contributed by atoms with Crippen molar-refractivity contribution in [3.05, 3.63) is 63.1 Å². The van der Waals surface area contributed by atoms with Gasteiger partial charge in [-0.05, 0) is 48.7 Å². The molecule has 0 amide bonds. The molecule has 0 aromatic heterocycles. The summed E-state index contributed by atoms with van der Waals surface area (Å²) in [5.74, 6) is 0.125. The number of halogens is 1. The van der Waals surface area contributed by atoms with Crippen molar-refractivity contribution in [1.29, 1.82) is 0 Å². The molecule has 2 aromatic rings. The Labute approximate surface area is 132 Å². The zero-order valence-electron chi connectivity index (χ0n) is 12.0. The zero-order chi connectivity index (χ0) is 15.4. The fourth-order valence-electron chi connectivity index (χ4n) is 2.10. The highest BCUT2D eigenvalue weighted by molar-refractivity contribution is 9.10. The number of aryl methyl sites for hydroxylation is 1. The molecule has 0 aliphatic carbocycles. The number of hydrogen-bond acceptors (Lipinski definition) is 3. The predicted octanol–water partition coefficient (Wildman–Crippen LogP) is 3.77. The van der Waals surface area contributed by atoms with Crippen LogP contribution in [0.15, 0.2) is 46.0 Å². The summed E-state index contributed by atoms with van der Waals surface area (Å²) in [4.78, 5) is 0. The second kappa shape index (κ2) is 6.63. The Balaban J connectivity index is 2.15.